The SMILES string of the molecule is Cc1cc(C)cc(C(=O)N[C@@H](C)[C@H](O)c2ccc(O)cc2)c1. The molecule has 3 N–H and O–H groups in total. The second kappa shape index (κ2) is 6.62. The summed E-state index contributed by atoms with van der Waals surface area (Å²) in [6, 6.07) is 11.5. The smallest absolute Gasteiger partial charge is 0.251 e. The third kappa shape index (κ3) is 3.86. The number of phenols is 1. The molecule has 116 valence electrons. The third-order valence-corrected chi connectivity index (χ3v) is 3.55. The van der Waals surface area contributed by atoms with Crippen molar-refractivity contribution in [1.29, 1.82) is 0 Å². The van der Waals surface area contributed by atoms with Crippen molar-refractivity contribution in [2.75, 3.05) is 0 Å². The molecule has 0 heterocycles. The van der Waals surface area contributed by atoms with Gasteiger partial charge in [-0.05, 0) is 50.6 Å². The summed E-state index contributed by atoms with van der Waals surface area (Å²) in [5, 5.41) is 22.4. The van der Waals surface area contributed by atoms with Gasteiger partial charge >= 0.3 is 0 Å². The van der Waals surface area contributed by atoms with Gasteiger partial charge in [0.2, 0.25) is 0 Å². The Labute approximate surface area is 130 Å². The Morgan fingerprint density at radius 1 is 1.05 bits per heavy atom. The van der Waals surface area contributed by atoms with Crippen molar-refractivity contribution >= 4 is 5.91 Å². The van der Waals surface area contributed by atoms with Gasteiger partial charge in [0, 0.05) is 5.56 Å². The molecule has 0 radical (unpaired) electrons. The molecule has 1 amide bonds. The molecule has 2 atom stereocenters. The molecule has 0 unspecified atom stereocenters. The minimum Gasteiger partial charge on any atom is -0.508 e. The van der Waals surface area contributed by atoms with E-state index in [0.29, 0.717) is 11.1 Å². The van der Waals surface area contributed by atoms with Crippen LogP contribution in [0.1, 0.15) is 40.1 Å². The normalized spacial score (nSPS) is 13.5. The quantitative estimate of drug-likeness (QED) is 0.813. The summed E-state index contributed by atoms with van der Waals surface area (Å²) in [6.07, 6.45) is -0.838. The maximum Gasteiger partial charge on any atom is 0.251 e. The van der Waals surface area contributed by atoms with Crippen LogP contribution in [0.5, 0.6) is 5.75 Å². The number of hydrogen-bond acceptors (Lipinski definition) is 3. The zero-order valence-corrected chi connectivity index (χ0v) is 13.0. The van der Waals surface area contributed by atoms with Crippen molar-refractivity contribution in [1.82, 2.24) is 5.32 Å². The van der Waals surface area contributed by atoms with Crippen LogP contribution < -0.4 is 5.32 Å². The summed E-state index contributed by atoms with van der Waals surface area (Å²) in [6.45, 7) is 5.63. The highest BCUT2D eigenvalue weighted by Crippen LogP contribution is 2.20. The Morgan fingerprint density at radius 3 is 2.14 bits per heavy atom. The molecule has 2 aromatic carbocycles. The van der Waals surface area contributed by atoms with Crippen LogP contribution in [0.25, 0.3) is 0 Å². The van der Waals surface area contributed by atoms with Crippen LogP contribution >= 0.6 is 0 Å². The van der Waals surface area contributed by atoms with Crippen LogP contribution in [0.15, 0.2) is 42.5 Å². The van der Waals surface area contributed by atoms with Gasteiger partial charge < -0.3 is 15.5 Å². The molecule has 0 bridgehead atoms. The van der Waals surface area contributed by atoms with Crippen molar-refractivity contribution in [3.63, 3.8) is 0 Å². The third-order valence-electron chi connectivity index (χ3n) is 3.55. The lowest BCUT2D eigenvalue weighted by Crippen LogP contribution is -2.37. The molecule has 0 aliphatic rings. The van der Waals surface area contributed by atoms with Gasteiger partial charge in [0.05, 0.1) is 12.1 Å². The highest BCUT2D eigenvalue weighted by molar-refractivity contribution is 5.94. The van der Waals surface area contributed by atoms with Crippen LogP contribution in [-0.4, -0.2) is 22.2 Å². The van der Waals surface area contributed by atoms with Gasteiger partial charge in [-0.3, -0.25) is 4.79 Å². The molecule has 0 spiro atoms. The van der Waals surface area contributed by atoms with Crippen molar-refractivity contribution in [2.24, 2.45) is 0 Å². The molecule has 0 saturated carbocycles. The predicted molar refractivity (Wildman–Crippen MR) is 85.9 cm³/mol. The average molecular weight is 299 g/mol. The van der Waals surface area contributed by atoms with E-state index < -0.39 is 12.1 Å². The Balaban J connectivity index is 2.08. The van der Waals surface area contributed by atoms with E-state index in [9.17, 15) is 15.0 Å². The molecule has 0 saturated heterocycles. The lowest BCUT2D eigenvalue weighted by molar-refractivity contribution is 0.0852. The number of aryl methyl sites for hydroxylation is 2. The first-order valence-electron chi connectivity index (χ1n) is 7.23. The number of benzene rings is 2. The molecule has 22 heavy (non-hydrogen) atoms. The summed E-state index contributed by atoms with van der Waals surface area (Å²) < 4.78 is 0. The topological polar surface area (TPSA) is 69.6 Å². The van der Waals surface area contributed by atoms with Gasteiger partial charge in [-0.25, -0.2) is 0 Å². The number of carbonyl (C=O) groups excluding carboxylic acids is 1. The summed E-state index contributed by atoms with van der Waals surface area (Å²) in [5.74, 6) is -0.0694. The molecular weight excluding hydrogens is 278 g/mol. The Hall–Kier alpha value is -2.33. The maximum absolute atomic E-state index is 12.3. The summed E-state index contributed by atoms with van der Waals surface area (Å²) >= 11 is 0. The maximum atomic E-state index is 12.3. The van der Waals surface area contributed by atoms with E-state index in [1.54, 1.807) is 19.1 Å². The lowest BCUT2D eigenvalue weighted by atomic mass is 10.0. The van der Waals surface area contributed by atoms with Gasteiger partial charge in [-0.2, -0.15) is 0 Å². The number of aromatic hydroxyl groups is 1. The Morgan fingerprint density at radius 2 is 1.59 bits per heavy atom. The first-order valence-corrected chi connectivity index (χ1v) is 7.23. The molecule has 0 aromatic heterocycles. The fraction of sp³-hybridized carbons (Fsp3) is 0.278. The van der Waals surface area contributed by atoms with Gasteiger partial charge in [-0.1, -0.05) is 29.3 Å². The molecule has 0 aliphatic carbocycles. The first-order chi connectivity index (χ1) is 10.4. The highest BCUT2D eigenvalue weighted by atomic mass is 16.3. The van der Waals surface area contributed by atoms with Crippen LogP contribution in [-0.2, 0) is 0 Å². The van der Waals surface area contributed by atoms with E-state index in [1.807, 2.05) is 32.0 Å². The molecule has 2 aromatic rings. The van der Waals surface area contributed by atoms with E-state index in [1.165, 1.54) is 12.1 Å². The number of aliphatic hydroxyl groups is 1. The molecule has 4 heteroatoms. The molecule has 2 rings (SSSR count). The van der Waals surface area contributed by atoms with Crippen molar-refractivity contribution in [3.8, 4) is 5.75 Å². The van der Waals surface area contributed by atoms with Crippen molar-refractivity contribution < 1.29 is 15.0 Å². The lowest BCUT2D eigenvalue weighted by Gasteiger charge is -2.21. The fourth-order valence-electron chi connectivity index (χ4n) is 2.43. The summed E-state index contributed by atoms with van der Waals surface area (Å²) in [7, 11) is 0. The van der Waals surface area contributed by atoms with Gasteiger partial charge in [0.15, 0.2) is 0 Å². The Kier molecular flexibility index (Phi) is 4.83. The van der Waals surface area contributed by atoms with E-state index in [2.05, 4.69) is 5.32 Å². The molecule has 0 aliphatic heterocycles. The monoisotopic (exact) mass is 299 g/mol. The number of nitrogens with one attached hydrogen (secondary N) is 1. The van der Waals surface area contributed by atoms with E-state index >= 15 is 0 Å². The molecule has 4 nitrogen and oxygen atoms in total. The van der Waals surface area contributed by atoms with Crippen molar-refractivity contribution in [2.45, 2.75) is 32.9 Å². The number of hydrogen-bond donors (Lipinski definition) is 3. The highest BCUT2D eigenvalue weighted by Gasteiger charge is 2.19. The number of phenolic OH excluding ortho intramolecular Hbond substituents is 1. The standard InChI is InChI=1S/C18H21NO3/c1-11-8-12(2)10-15(9-11)18(22)19-13(3)17(21)14-4-6-16(20)7-5-14/h4-10,13,17,20-21H,1-3H3,(H,19,22)/t13-,17-/m0/s1. The number of rotatable bonds is 4. The minimum atomic E-state index is -0.838. The second-order valence-electron chi connectivity index (χ2n) is 5.67. The number of carbonyl (C=O) groups is 1. The minimum absolute atomic E-state index is 0.142. The Bertz CT molecular complexity index is 644. The van der Waals surface area contributed by atoms with E-state index in [-0.39, 0.29) is 11.7 Å². The zero-order valence-electron chi connectivity index (χ0n) is 13.0. The van der Waals surface area contributed by atoms with Crippen molar-refractivity contribution in [3.05, 3.63) is 64.7 Å². The molecular formula is C18H21NO3. The fourth-order valence-corrected chi connectivity index (χ4v) is 2.43. The largest absolute Gasteiger partial charge is 0.508 e. The first kappa shape index (κ1) is 16.0. The van der Waals surface area contributed by atoms with Gasteiger partial charge in [0.25, 0.3) is 5.91 Å². The summed E-state index contributed by atoms with van der Waals surface area (Å²) in [5.41, 5.74) is 3.28. The van der Waals surface area contributed by atoms with E-state index in [0.717, 1.165) is 11.1 Å². The number of amides is 1. The van der Waals surface area contributed by atoms with Crippen LogP contribution in [0, 0.1) is 13.8 Å². The van der Waals surface area contributed by atoms with Crippen LogP contribution in [0.4, 0.5) is 0 Å². The van der Waals surface area contributed by atoms with Gasteiger partial charge in [-0.15, -0.1) is 0 Å². The number of aliphatic hydroxyl groups excluding tert-OH is 1. The molecule has 0 fully saturated rings. The van der Waals surface area contributed by atoms with Crippen LogP contribution in [0.3, 0.4) is 0 Å². The zero-order chi connectivity index (χ0) is 16.3. The van der Waals surface area contributed by atoms with E-state index in [4.69, 9.17) is 0 Å². The predicted octanol–water partition coefficient (Wildman–Crippen LogP) is 2.86. The average Bonchev–Trinajstić information content (AvgIpc) is 2.46. The summed E-state index contributed by atoms with van der Waals surface area (Å²) in [4.78, 5) is 12.3. The second-order valence-corrected chi connectivity index (χ2v) is 5.67. The van der Waals surface area contributed by atoms with Crippen LogP contribution in [0.2, 0.25) is 0 Å². The van der Waals surface area contributed by atoms with Gasteiger partial charge in [0.1, 0.15) is 5.75 Å².